The summed E-state index contributed by atoms with van der Waals surface area (Å²) in [5.74, 6) is -0.476. The third kappa shape index (κ3) is 6.38. The number of aromatic nitrogens is 2. The van der Waals surface area contributed by atoms with E-state index >= 15 is 0 Å². The van der Waals surface area contributed by atoms with Gasteiger partial charge in [-0.1, -0.05) is 26.1 Å². The van der Waals surface area contributed by atoms with Crippen molar-refractivity contribution in [1.29, 1.82) is 0 Å². The molecule has 0 bridgehead atoms. The first-order valence-electron chi connectivity index (χ1n) is 13.6. The molecular formula is C29H39FN2O5Si. The van der Waals surface area contributed by atoms with Crippen molar-refractivity contribution >= 4 is 24.8 Å². The fourth-order valence-electron chi connectivity index (χ4n) is 5.01. The van der Waals surface area contributed by atoms with E-state index in [0.717, 1.165) is 31.7 Å². The van der Waals surface area contributed by atoms with Crippen LogP contribution in [0.1, 0.15) is 55.2 Å². The minimum Gasteiger partial charge on any atom is -0.490 e. The summed E-state index contributed by atoms with van der Waals surface area (Å²) in [6, 6.07) is 7.10. The second kappa shape index (κ2) is 11.9. The van der Waals surface area contributed by atoms with Gasteiger partial charge in [-0.3, -0.25) is 4.79 Å². The van der Waals surface area contributed by atoms with Gasteiger partial charge in [0.15, 0.2) is 0 Å². The highest BCUT2D eigenvalue weighted by Gasteiger charge is 2.25. The number of carbonyl (C=O) groups excluding carboxylic acids is 1. The number of fused-ring (bicyclic) bond motifs is 1. The Morgan fingerprint density at radius 3 is 2.58 bits per heavy atom. The molecule has 9 heteroatoms. The van der Waals surface area contributed by atoms with E-state index < -0.39 is 25.4 Å². The topological polar surface area (TPSA) is 82.5 Å². The molecule has 7 nitrogen and oxygen atoms in total. The number of carbonyl (C=O) groups is 1. The van der Waals surface area contributed by atoms with Crippen molar-refractivity contribution in [2.45, 2.75) is 84.5 Å². The van der Waals surface area contributed by atoms with Gasteiger partial charge < -0.3 is 23.8 Å². The van der Waals surface area contributed by atoms with Gasteiger partial charge in [-0.15, -0.1) is 0 Å². The van der Waals surface area contributed by atoms with Gasteiger partial charge in [0.05, 0.1) is 23.8 Å². The number of nitrogens with zero attached hydrogens (tertiary/aromatic N) is 1. The Balaban J connectivity index is 1.87. The third-order valence-corrected chi connectivity index (χ3v) is 8.78. The zero-order chi connectivity index (χ0) is 27.4. The zero-order valence-electron chi connectivity index (χ0n) is 23.1. The van der Waals surface area contributed by atoms with Crippen LogP contribution in [-0.2, 0) is 16.2 Å². The van der Waals surface area contributed by atoms with Gasteiger partial charge >= 0.3 is 5.97 Å². The fourth-order valence-corrected chi connectivity index (χ4v) is 5.77. The number of esters is 1. The van der Waals surface area contributed by atoms with Gasteiger partial charge in [-0.2, -0.15) is 0 Å². The summed E-state index contributed by atoms with van der Waals surface area (Å²) in [6.07, 6.45) is 5.34. The summed E-state index contributed by atoms with van der Waals surface area (Å²) in [5.41, 5.74) is 1.44. The van der Waals surface area contributed by atoms with Crippen molar-refractivity contribution < 1.29 is 23.4 Å². The standard InChI is InChI=1S/C29H39FN2O5Si/c1-6-36-29(34)24-17-23-26(28(33)31-24)19(2)32(18-35-14-15-38(3,4)5)27(23)22-16-20(30)12-13-25(22)37-21-10-8-7-9-11-21/h12-13,16-17,21H,6-11,14-15,18H2,1-5H3,(H,31,33). The minimum atomic E-state index is -1.31. The van der Waals surface area contributed by atoms with Crippen molar-refractivity contribution in [1.82, 2.24) is 9.55 Å². The Labute approximate surface area is 224 Å². The highest BCUT2D eigenvalue weighted by molar-refractivity contribution is 6.76. The quantitative estimate of drug-likeness (QED) is 0.176. The van der Waals surface area contributed by atoms with Crippen molar-refractivity contribution in [3.63, 3.8) is 0 Å². The van der Waals surface area contributed by atoms with Gasteiger partial charge in [0.25, 0.3) is 5.56 Å². The maximum Gasteiger partial charge on any atom is 0.354 e. The van der Waals surface area contributed by atoms with Crippen LogP contribution in [0.4, 0.5) is 4.39 Å². The Kier molecular flexibility index (Phi) is 8.77. The lowest BCUT2D eigenvalue weighted by Crippen LogP contribution is -2.22. The smallest absolute Gasteiger partial charge is 0.354 e. The predicted octanol–water partition coefficient (Wildman–Crippen LogP) is 6.64. The molecule has 0 unspecified atom stereocenters. The van der Waals surface area contributed by atoms with E-state index in [1.807, 2.05) is 11.5 Å². The van der Waals surface area contributed by atoms with Crippen molar-refractivity contribution in [3.8, 4) is 17.0 Å². The molecule has 0 aliphatic heterocycles. The Morgan fingerprint density at radius 2 is 1.89 bits per heavy atom. The molecule has 0 atom stereocenters. The second-order valence-electron chi connectivity index (χ2n) is 11.2. The van der Waals surface area contributed by atoms with Gasteiger partial charge in [0.1, 0.15) is 24.0 Å². The minimum absolute atomic E-state index is 0.0496. The van der Waals surface area contributed by atoms with Gasteiger partial charge in [-0.25, -0.2) is 9.18 Å². The van der Waals surface area contributed by atoms with E-state index in [1.54, 1.807) is 19.1 Å². The molecule has 2 aromatic heterocycles. The lowest BCUT2D eigenvalue weighted by atomic mass is 9.97. The van der Waals surface area contributed by atoms with E-state index in [1.165, 1.54) is 18.6 Å². The number of nitrogens with one attached hydrogen (secondary N) is 1. The average Bonchev–Trinajstić information content (AvgIpc) is 3.14. The molecule has 1 aliphatic carbocycles. The largest absolute Gasteiger partial charge is 0.490 e. The van der Waals surface area contributed by atoms with E-state index in [9.17, 15) is 14.0 Å². The van der Waals surface area contributed by atoms with E-state index in [4.69, 9.17) is 14.2 Å². The number of hydrogen-bond acceptors (Lipinski definition) is 5. The SMILES string of the molecule is CCOC(=O)c1cc2c(-c3cc(F)ccc3OC3CCCCC3)n(COCC[Si](C)(C)C)c(C)c2c(=O)[nH]1. The molecule has 0 radical (unpaired) electrons. The van der Waals surface area contributed by atoms with Crippen LogP contribution in [0.2, 0.25) is 25.7 Å². The maximum absolute atomic E-state index is 14.7. The number of hydrogen-bond donors (Lipinski definition) is 1. The van der Waals surface area contributed by atoms with Gasteiger partial charge in [0.2, 0.25) is 0 Å². The summed E-state index contributed by atoms with van der Waals surface area (Å²) in [7, 11) is -1.31. The number of pyridine rings is 1. The predicted molar refractivity (Wildman–Crippen MR) is 150 cm³/mol. The molecule has 4 rings (SSSR count). The van der Waals surface area contributed by atoms with Crippen LogP contribution in [0.15, 0.2) is 29.1 Å². The number of ether oxygens (including phenoxy) is 3. The first-order chi connectivity index (χ1) is 18.1. The summed E-state index contributed by atoms with van der Waals surface area (Å²) in [5, 5.41) is 0.955. The lowest BCUT2D eigenvalue weighted by Gasteiger charge is -2.25. The van der Waals surface area contributed by atoms with Crippen molar-refractivity contribution in [2.24, 2.45) is 0 Å². The third-order valence-electron chi connectivity index (χ3n) is 7.08. The molecule has 0 saturated heterocycles. The summed E-state index contributed by atoms with van der Waals surface area (Å²) in [4.78, 5) is 28.5. The van der Waals surface area contributed by atoms with Gasteiger partial charge in [0, 0.05) is 31.3 Å². The summed E-state index contributed by atoms with van der Waals surface area (Å²) >= 11 is 0. The molecule has 1 N–H and O–H groups in total. The van der Waals surface area contributed by atoms with Crippen molar-refractivity contribution in [3.05, 3.63) is 51.8 Å². The number of aromatic amines is 1. The molecule has 0 amide bonds. The maximum atomic E-state index is 14.7. The molecule has 1 saturated carbocycles. The molecule has 1 fully saturated rings. The summed E-state index contributed by atoms with van der Waals surface area (Å²) < 4.78 is 34.3. The normalized spacial score (nSPS) is 14.7. The van der Waals surface area contributed by atoms with Crippen LogP contribution in [0.5, 0.6) is 5.75 Å². The molecule has 38 heavy (non-hydrogen) atoms. The number of rotatable bonds is 10. The van der Waals surface area contributed by atoms with E-state index in [-0.39, 0.29) is 25.1 Å². The number of H-pyrrole nitrogens is 1. The van der Waals surface area contributed by atoms with Crippen molar-refractivity contribution in [2.75, 3.05) is 13.2 Å². The van der Waals surface area contributed by atoms with Crippen LogP contribution in [-0.4, -0.2) is 42.9 Å². The molecule has 3 aromatic rings. The molecular weight excluding hydrogens is 503 g/mol. The second-order valence-corrected chi connectivity index (χ2v) is 16.9. The molecule has 206 valence electrons. The number of aryl methyl sites for hydroxylation is 1. The Morgan fingerprint density at radius 1 is 1.16 bits per heavy atom. The monoisotopic (exact) mass is 542 g/mol. The summed E-state index contributed by atoms with van der Waals surface area (Å²) in [6.45, 7) is 11.4. The highest BCUT2D eigenvalue weighted by Crippen LogP contribution is 2.39. The van der Waals surface area contributed by atoms with Crippen LogP contribution in [0, 0.1) is 12.7 Å². The molecule has 1 aromatic carbocycles. The molecule has 2 heterocycles. The molecule has 0 spiro atoms. The van der Waals surface area contributed by atoms with Crippen LogP contribution >= 0.6 is 0 Å². The Hall–Kier alpha value is -2.91. The van der Waals surface area contributed by atoms with Crippen LogP contribution in [0.3, 0.4) is 0 Å². The van der Waals surface area contributed by atoms with Crippen LogP contribution in [0.25, 0.3) is 22.0 Å². The first kappa shape index (κ1) is 28.1. The number of benzene rings is 1. The lowest BCUT2D eigenvalue weighted by molar-refractivity contribution is 0.0519. The Bertz CT molecular complexity index is 1350. The van der Waals surface area contributed by atoms with E-state index in [0.29, 0.717) is 40.1 Å². The molecule has 1 aliphatic rings. The van der Waals surface area contributed by atoms with E-state index in [2.05, 4.69) is 24.6 Å². The highest BCUT2D eigenvalue weighted by atomic mass is 28.3. The fraction of sp³-hybridized carbons (Fsp3) is 0.517. The average molecular weight is 543 g/mol. The first-order valence-corrected chi connectivity index (χ1v) is 17.3. The number of halogens is 1. The van der Waals surface area contributed by atoms with Crippen LogP contribution < -0.4 is 10.3 Å². The zero-order valence-corrected chi connectivity index (χ0v) is 24.1. The van der Waals surface area contributed by atoms with Gasteiger partial charge in [-0.05, 0) is 69.8 Å².